The van der Waals surface area contributed by atoms with Gasteiger partial charge in [0.15, 0.2) is 5.96 Å². The Morgan fingerprint density at radius 2 is 1.91 bits per heavy atom. The molecule has 1 aromatic rings. The minimum absolute atomic E-state index is 0. The summed E-state index contributed by atoms with van der Waals surface area (Å²) in [4.78, 5) is 8.38. The van der Waals surface area contributed by atoms with Crippen molar-refractivity contribution in [1.82, 2.24) is 15.6 Å². The number of hydrogen-bond donors (Lipinski definition) is 3. The van der Waals surface area contributed by atoms with Crippen molar-refractivity contribution in [3.8, 4) is 0 Å². The first kappa shape index (κ1) is 21.1. The van der Waals surface area contributed by atoms with Crippen molar-refractivity contribution in [2.24, 2.45) is 4.99 Å². The number of aliphatic imine (C=N–C) groups is 1. The number of halogens is 1. The van der Waals surface area contributed by atoms with Crippen LogP contribution in [0.2, 0.25) is 0 Å². The monoisotopic (exact) mass is 420 g/mol. The number of guanidine groups is 1. The number of rotatable bonds is 9. The molecule has 1 atom stereocenters. The van der Waals surface area contributed by atoms with E-state index >= 15 is 0 Å². The fourth-order valence-corrected chi connectivity index (χ4v) is 1.97. The van der Waals surface area contributed by atoms with Gasteiger partial charge in [-0.05, 0) is 31.0 Å². The van der Waals surface area contributed by atoms with Crippen molar-refractivity contribution in [2.75, 3.05) is 19.6 Å². The number of aromatic nitrogens is 1. The summed E-state index contributed by atoms with van der Waals surface area (Å²) >= 11 is 0. The second-order valence-electron chi connectivity index (χ2n) is 5.00. The van der Waals surface area contributed by atoms with Gasteiger partial charge in [-0.2, -0.15) is 0 Å². The predicted molar refractivity (Wildman–Crippen MR) is 103 cm³/mol. The van der Waals surface area contributed by atoms with Crippen LogP contribution in [0.15, 0.2) is 29.5 Å². The van der Waals surface area contributed by atoms with Crippen LogP contribution in [-0.4, -0.2) is 35.7 Å². The number of hydrogen-bond acceptors (Lipinski definition) is 3. The van der Waals surface area contributed by atoms with Gasteiger partial charge in [0, 0.05) is 25.5 Å². The van der Waals surface area contributed by atoms with E-state index in [2.05, 4.69) is 27.5 Å². The van der Waals surface area contributed by atoms with E-state index in [0.717, 1.165) is 31.0 Å². The standard InChI is InChI=1S/C16H28N4O.HI/c1-3-5-6-7-10-19-16(18-4-2)20-13-15(21)14-8-11-17-12-9-14;/h8-9,11-12,15,21H,3-7,10,13H2,1-2H3,(H2,18,19,20);1H. The van der Waals surface area contributed by atoms with Gasteiger partial charge in [0.2, 0.25) is 0 Å². The highest BCUT2D eigenvalue weighted by molar-refractivity contribution is 14.0. The maximum absolute atomic E-state index is 10.1. The molecule has 1 rings (SSSR count). The molecular formula is C16H29IN4O. The van der Waals surface area contributed by atoms with Crippen LogP contribution in [0.3, 0.4) is 0 Å². The zero-order chi connectivity index (χ0) is 15.3. The van der Waals surface area contributed by atoms with Gasteiger partial charge >= 0.3 is 0 Å². The molecule has 1 unspecified atom stereocenters. The van der Waals surface area contributed by atoms with Gasteiger partial charge in [0.25, 0.3) is 0 Å². The molecule has 6 heteroatoms. The van der Waals surface area contributed by atoms with E-state index in [4.69, 9.17) is 0 Å². The molecule has 0 bridgehead atoms. The molecule has 0 saturated heterocycles. The fourth-order valence-electron chi connectivity index (χ4n) is 1.97. The van der Waals surface area contributed by atoms with Crippen LogP contribution in [0.4, 0.5) is 0 Å². The maximum Gasteiger partial charge on any atom is 0.191 e. The van der Waals surface area contributed by atoms with Crippen molar-refractivity contribution >= 4 is 29.9 Å². The lowest BCUT2D eigenvalue weighted by molar-refractivity contribution is 0.187. The molecule has 0 radical (unpaired) electrons. The van der Waals surface area contributed by atoms with Crippen molar-refractivity contribution < 1.29 is 5.11 Å². The number of nitrogens with one attached hydrogen (secondary N) is 2. The van der Waals surface area contributed by atoms with Crippen molar-refractivity contribution in [3.05, 3.63) is 30.1 Å². The minimum atomic E-state index is -0.594. The van der Waals surface area contributed by atoms with E-state index in [1.807, 2.05) is 19.1 Å². The van der Waals surface area contributed by atoms with E-state index in [0.29, 0.717) is 6.54 Å². The molecule has 5 nitrogen and oxygen atoms in total. The molecule has 0 aliphatic heterocycles. The molecule has 0 aromatic carbocycles. The minimum Gasteiger partial charge on any atom is -0.386 e. The van der Waals surface area contributed by atoms with Crippen LogP contribution < -0.4 is 10.6 Å². The van der Waals surface area contributed by atoms with Gasteiger partial charge in [-0.25, -0.2) is 0 Å². The number of unbranched alkanes of at least 4 members (excludes halogenated alkanes) is 3. The van der Waals surface area contributed by atoms with Crippen LogP contribution in [0.1, 0.15) is 51.2 Å². The zero-order valence-electron chi connectivity index (χ0n) is 13.6. The summed E-state index contributed by atoms with van der Waals surface area (Å²) < 4.78 is 0. The summed E-state index contributed by atoms with van der Waals surface area (Å²) in [5.41, 5.74) is 0.840. The van der Waals surface area contributed by atoms with E-state index < -0.39 is 6.10 Å². The molecule has 22 heavy (non-hydrogen) atoms. The van der Waals surface area contributed by atoms with Gasteiger partial charge in [0.1, 0.15) is 0 Å². The van der Waals surface area contributed by atoms with Crippen LogP contribution in [0, 0.1) is 0 Å². The zero-order valence-corrected chi connectivity index (χ0v) is 15.9. The summed E-state index contributed by atoms with van der Waals surface area (Å²) in [7, 11) is 0. The van der Waals surface area contributed by atoms with Crippen LogP contribution in [-0.2, 0) is 0 Å². The van der Waals surface area contributed by atoms with Crippen LogP contribution in [0.5, 0.6) is 0 Å². The number of pyridine rings is 1. The summed E-state index contributed by atoms with van der Waals surface area (Å²) in [6.45, 7) is 6.31. The average Bonchev–Trinajstić information content (AvgIpc) is 2.52. The first-order valence-electron chi connectivity index (χ1n) is 7.88. The van der Waals surface area contributed by atoms with E-state index in [9.17, 15) is 5.11 Å². The molecular weight excluding hydrogens is 391 g/mol. The molecule has 3 N–H and O–H groups in total. The highest BCUT2D eigenvalue weighted by atomic mass is 127. The number of aliphatic hydroxyl groups excluding tert-OH is 1. The third-order valence-electron chi connectivity index (χ3n) is 3.18. The Morgan fingerprint density at radius 1 is 1.18 bits per heavy atom. The maximum atomic E-state index is 10.1. The average molecular weight is 420 g/mol. The topological polar surface area (TPSA) is 69.5 Å². The Hall–Kier alpha value is -0.890. The lowest BCUT2D eigenvalue weighted by Crippen LogP contribution is -2.38. The smallest absolute Gasteiger partial charge is 0.191 e. The summed E-state index contributed by atoms with van der Waals surface area (Å²) in [5.74, 6) is 0.766. The Bertz CT molecular complexity index is 400. The second kappa shape index (κ2) is 13.8. The lowest BCUT2D eigenvalue weighted by Gasteiger charge is -2.13. The predicted octanol–water partition coefficient (Wildman–Crippen LogP) is 2.87. The fraction of sp³-hybridized carbons (Fsp3) is 0.625. The first-order valence-corrected chi connectivity index (χ1v) is 7.88. The normalized spacial score (nSPS) is 12.4. The largest absolute Gasteiger partial charge is 0.386 e. The second-order valence-corrected chi connectivity index (χ2v) is 5.00. The molecule has 0 saturated carbocycles. The van der Waals surface area contributed by atoms with Crippen LogP contribution in [0.25, 0.3) is 0 Å². The first-order chi connectivity index (χ1) is 10.3. The Kier molecular flexibility index (Phi) is 13.2. The summed E-state index contributed by atoms with van der Waals surface area (Å²) in [5, 5.41) is 16.6. The third-order valence-corrected chi connectivity index (χ3v) is 3.18. The lowest BCUT2D eigenvalue weighted by atomic mass is 10.1. The summed E-state index contributed by atoms with van der Waals surface area (Å²) in [6, 6.07) is 3.62. The van der Waals surface area contributed by atoms with Crippen molar-refractivity contribution in [2.45, 2.75) is 45.6 Å². The molecule has 0 fully saturated rings. The van der Waals surface area contributed by atoms with Crippen LogP contribution >= 0.6 is 24.0 Å². The molecule has 126 valence electrons. The molecule has 0 spiro atoms. The molecule has 1 heterocycles. The molecule has 1 aromatic heterocycles. The van der Waals surface area contributed by atoms with E-state index in [-0.39, 0.29) is 24.0 Å². The van der Waals surface area contributed by atoms with Crippen molar-refractivity contribution in [1.29, 1.82) is 0 Å². The quantitative estimate of drug-likeness (QED) is 0.249. The van der Waals surface area contributed by atoms with E-state index in [1.165, 1.54) is 19.3 Å². The Labute approximate surface area is 151 Å². The van der Waals surface area contributed by atoms with Crippen molar-refractivity contribution in [3.63, 3.8) is 0 Å². The third kappa shape index (κ3) is 9.19. The highest BCUT2D eigenvalue weighted by Gasteiger charge is 2.06. The molecule has 0 aliphatic carbocycles. The Morgan fingerprint density at radius 3 is 2.55 bits per heavy atom. The number of nitrogens with zero attached hydrogens (tertiary/aromatic N) is 2. The van der Waals surface area contributed by atoms with Gasteiger partial charge in [-0.1, -0.05) is 26.2 Å². The Balaban J connectivity index is 0.00000441. The van der Waals surface area contributed by atoms with Gasteiger partial charge < -0.3 is 15.7 Å². The highest BCUT2D eigenvalue weighted by Crippen LogP contribution is 2.10. The van der Waals surface area contributed by atoms with Gasteiger partial charge in [-0.3, -0.25) is 9.98 Å². The SMILES string of the molecule is CCCCCCNC(=NCC(O)c1ccncc1)NCC.I. The molecule has 0 amide bonds. The van der Waals surface area contributed by atoms with E-state index in [1.54, 1.807) is 12.4 Å². The molecule has 0 aliphatic rings. The van der Waals surface area contributed by atoms with Gasteiger partial charge in [0.05, 0.1) is 12.6 Å². The number of aliphatic hydroxyl groups is 1. The van der Waals surface area contributed by atoms with Gasteiger partial charge in [-0.15, -0.1) is 24.0 Å². The summed E-state index contributed by atoms with van der Waals surface area (Å²) in [6.07, 6.45) is 7.67.